The fourth-order valence-corrected chi connectivity index (χ4v) is 3.59. The summed E-state index contributed by atoms with van der Waals surface area (Å²) in [6.45, 7) is 4.67. The molecule has 1 atom stereocenters. The van der Waals surface area contributed by atoms with Crippen LogP contribution in [0.1, 0.15) is 41.0 Å². The Hall–Kier alpha value is -2.92. The van der Waals surface area contributed by atoms with Crippen molar-refractivity contribution < 1.29 is 9.53 Å². The number of fused-ring (bicyclic) bond motifs is 1. The third kappa shape index (κ3) is 3.85. The van der Waals surface area contributed by atoms with Crippen LogP contribution in [0.4, 0.5) is 0 Å². The van der Waals surface area contributed by atoms with Gasteiger partial charge >= 0.3 is 0 Å². The summed E-state index contributed by atoms with van der Waals surface area (Å²) in [4.78, 5) is 26.2. The molecule has 2 aromatic carbocycles. The Morgan fingerprint density at radius 3 is 2.36 bits per heavy atom. The molecule has 1 N–H and O–H groups in total. The van der Waals surface area contributed by atoms with Gasteiger partial charge in [-0.15, -0.1) is 0 Å². The smallest absolute Gasteiger partial charge is 0.258 e. The van der Waals surface area contributed by atoms with Crippen LogP contribution in [0.5, 0.6) is 0 Å². The molecule has 0 saturated carbocycles. The first-order chi connectivity index (χ1) is 13.6. The van der Waals surface area contributed by atoms with Crippen molar-refractivity contribution in [1.29, 1.82) is 0 Å². The third-order valence-corrected chi connectivity index (χ3v) is 5.10. The van der Waals surface area contributed by atoms with Crippen LogP contribution in [0, 0.1) is 6.92 Å². The van der Waals surface area contributed by atoms with Crippen LogP contribution in [0.2, 0.25) is 0 Å². The first-order valence-corrected chi connectivity index (χ1v) is 9.55. The first kappa shape index (κ1) is 19.8. The van der Waals surface area contributed by atoms with Crippen molar-refractivity contribution in [3.05, 3.63) is 81.8 Å². The zero-order chi connectivity index (χ0) is 20.1. The second-order valence-electron chi connectivity index (χ2n) is 6.80. The number of aromatic nitrogens is 1. The van der Waals surface area contributed by atoms with Crippen LogP contribution in [0.3, 0.4) is 0 Å². The highest BCUT2D eigenvalue weighted by Gasteiger charge is 2.21. The highest BCUT2D eigenvalue weighted by molar-refractivity contribution is 6.07. The van der Waals surface area contributed by atoms with Crippen LogP contribution in [0.15, 0.2) is 59.4 Å². The molecule has 0 aliphatic heterocycles. The number of nitrogens with zero attached hydrogens (tertiary/aromatic N) is 1. The van der Waals surface area contributed by atoms with E-state index in [9.17, 15) is 9.59 Å². The maximum atomic E-state index is 13.3. The molecule has 0 bridgehead atoms. The van der Waals surface area contributed by atoms with Gasteiger partial charge in [-0.1, -0.05) is 55.5 Å². The molecule has 1 aromatic heterocycles. The van der Waals surface area contributed by atoms with E-state index in [1.807, 2.05) is 62.4 Å². The number of hydrogen-bond donors (Lipinski definition) is 1. The van der Waals surface area contributed by atoms with Gasteiger partial charge in [0.1, 0.15) is 0 Å². The monoisotopic (exact) mass is 378 g/mol. The van der Waals surface area contributed by atoms with Crippen LogP contribution >= 0.6 is 0 Å². The van der Waals surface area contributed by atoms with Crippen molar-refractivity contribution in [2.45, 2.75) is 32.9 Å². The predicted molar refractivity (Wildman–Crippen MR) is 112 cm³/mol. The summed E-state index contributed by atoms with van der Waals surface area (Å²) in [6.07, 6.45) is 0.774. The van der Waals surface area contributed by atoms with E-state index in [-0.39, 0.29) is 17.5 Å². The quantitative estimate of drug-likeness (QED) is 0.680. The molecule has 1 heterocycles. The molecule has 28 heavy (non-hydrogen) atoms. The Balaban J connectivity index is 2.08. The number of benzene rings is 2. The van der Waals surface area contributed by atoms with Gasteiger partial charge in [0.15, 0.2) is 0 Å². The molecular formula is C23H26N2O3. The maximum absolute atomic E-state index is 13.3. The summed E-state index contributed by atoms with van der Waals surface area (Å²) in [5.41, 5.74) is 2.16. The van der Waals surface area contributed by atoms with Crippen LogP contribution in [-0.2, 0) is 11.3 Å². The molecule has 0 fully saturated rings. The van der Waals surface area contributed by atoms with E-state index in [4.69, 9.17) is 4.74 Å². The molecule has 0 unspecified atom stereocenters. The Kier molecular flexibility index (Phi) is 6.26. The van der Waals surface area contributed by atoms with Crippen molar-refractivity contribution in [3.63, 3.8) is 0 Å². The number of amides is 1. The molecule has 0 saturated heterocycles. The van der Waals surface area contributed by atoms with E-state index < -0.39 is 0 Å². The molecule has 0 aliphatic carbocycles. The fraction of sp³-hybridized carbons (Fsp3) is 0.304. The second-order valence-corrected chi connectivity index (χ2v) is 6.80. The van der Waals surface area contributed by atoms with Gasteiger partial charge < -0.3 is 14.6 Å². The van der Waals surface area contributed by atoms with E-state index >= 15 is 0 Å². The van der Waals surface area contributed by atoms with E-state index in [1.54, 1.807) is 17.7 Å². The largest absolute Gasteiger partial charge is 0.383 e. The van der Waals surface area contributed by atoms with Gasteiger partial charge in [0.25, 0.3) is 11.5 Å². The Morgan fingerprint density at radius 1 is 1.07 bits per heavy atom. The lowest BCUT2D eigenvalue weighted by Crippen LogP contribution is -2.33. The minimum absolute atomic E-state index is 0.0915. The zero-order valence-electron chi connectivity index (χ0n) is 16.6. The normalized spacial score (nSPS) is 12.1. The van der Waals surface area contributed by atoms with Gasteiger partial charge in [-0.05, 0) is 25.0 Å². The standard InChI is InChI=1S/C23H26N2O3/c1-4-20(17-10-6-5-7-11-17)24-22(26)21-16(2)25(14-15-28-3)23(27)19-13-9-8-12-18(19)21/h5-13,20H,4,14-15H2,1-3H3,(H,24,26)/t20-/m0/s1. The number of carbonyl (C=O) groups is 1. The number of nitrogens with one attached hydrogen (secondary N) is 1. The van der Waals surface area contributed by atoms with Gasteiger partial charge in [-0.2, -0.15) is 0 Å². The highest BCUT2D eigenvalue weighted by Crippen LogP contribution is 2.22. The third-order valence-electron chi connectivity index (χ3n) is 5.10. The highest BCUT2D eigenvalue weighted by atomic mass is 16.5. The molecule has 5 nitrogen and oxygen atoms in total. The molecule has 0 aliphatic rings. The van der Waals surface area contributed by atoms with E-state index in [1.165, 1.54) is 0 Å². The summed E-state index contributed by atoms with van der Waals surface area (Å²) < 4.78 is 6.78. The van der Waals surface area contributed by atoms with E-state index in [0.717, 1.165) is 12.0 Å². The number of methoxy groups -OCH3 is 1. The minimum atomic E-state index is -0.171. The van der Waals surface area contributed by atoms with Crippen molar-refractivity contribution in [2.24, 2.45) is 0 Å². The lowest BCUT2D eigenvalue weighted by atomic mass is 10.0. The van der Waals surface area contributed by atoms with Gasteiger partial charge in [0.05, 0.1) is 18.2 Å². The summed E-state index contributed by atoms with van der Waals surface area (Å²) in [5, 5.41) is 4.37. The van der Waals surface area contributed by atoms with Gasteiger partial charge in [-0.3, -0.25) is 9.59 Å². The Morgan fingerprint density at radius 2 is 1.71 bits per heavy atom. The number of hydrogen-bond acceptors (Lipinski definition) is 3. The van der Waals surface area contributed by atoms with Crippen LogP contribution < -0.4 is 10.9 Å². The van der Waals surface area contributed by atoms with Crippen molar-refractivity contribution in [2.75, 3.05) is 13.7 Å². The second kappa shape index (κ2) is 8.85. The Labute approximate surface area is 165 Å². The Bertz CT molecular complexity index is 1030. The predicted octanol–water partition coefficient (Wildman–Crippen LogP) is 3.84. The molecule has 0 spiro atoms. The number of ether oxygens (including phenoxy) is 1. The average molecular weight is 378 g/mol. The summed E-state index contributed by atoms with van der Waals surface area (Å²) >= 11 is 0. The molecule has 146 valence electrons. The molecule has 5 heteroatoms. The molecule has 0 radical (unpaired) electrons. The minimum Gasteiger partial charge on any atom is -0.383 e. The SMILES string of the molecule is CC[C@H](NC(=O)c1c(C)n(CCOC)c(=O)c2ccccc12)c1ccccc1. The zero-order valence-corrected chi connectivity index (χ0v) is 16.6. The first-order valence-electron chi connectivity index (χ1n) is 9.55. The van der Waals surface area contributed by atoms with Crippen molar-refractivity contribution >= 4 is 16.7 Å². The molecular weight excluding hydrogens is 352 g/mol. The van der Waals surface area contributed by atoms with E-state index in [2.05, 4.69) is 5.32 Å². The summed E-state index contributed by atoms with van der Waals surface area (Å²) in [6, 6.07) is 17.1. The average Bonchev–Trinajstić information content (AvgIpc) is 2.72. The van der Waals surface area contributed by atoms with Crippen LogP contribution in [0.25, 0.3) is 10.8 Å². The molecule has 3 aromatic rings. The fourth-order valence-electron chi connectivity index (χ4n) is 3.59. The lowest BCUT2D eigenvalue weighted by molar-refractivity contribution is 0.0935. The molecule has 1 amide bonds. The topological polar surface area (TPSA) is 60.3 Å². The number of carbonyl (C=O) groups excluding carboxylic acids is 1. The maximum Gasteiger partial charge on any atom is 0.258 e. The van der Waals surface area contributed by atoms with Crippen molar-refractivity contribution in [3.8, 4) is 0 Å². The van der Waals surface area contributed by atoms with Gasteiger partial charge in [-0.25, -0.2) is 0 Å². The summed E-state index contributed by atoms with van der Waals surface area (Å²) in [7, 11) is 1.60. The van der Waals surface area contributed by atoms with Gasteiger partial charge in [0, 0.05) is 30.1 Å². The van der Waals surface area contributed by atoms with Crippen LogP contribution in [-0.4, -0.2) is 24.2 Å². The van der Waals surface area contributed by atoms with E-state index in [0.29, 0.717) is 35.2 Å². The van der Waals surface area contributed by atoms with Crippen molar-refractivity contribution in [1.82, 2.24) is 9.88 Å². The van der Waals surface area contributed by atoms with Gasteiger partial charge in [0.2, 0.25) is 0 Å². The lowest BCUT2D eigenvalue weighted by Gasteiger charge is -2.21. The summed E-state index contributed by atoms with van der Waals surface area (Å²) in [5.74, 6) is -0.171. The molecule has 3 rings (SSSR count). The number of rotatable bonds is 7. The number of pyridine rings is 1.